The van der Waals surface area contributed by atoms with E-state index in [1.54, 1.807) is 23.5 Å². The predicted octanol–water partition coefficient (Wildman–Crippen LogP) is 4.08. The quantitative estimate of drug-likeness (QED) is 0.803. The monoisotopic (exact) mass is 323 g/mol. The average molecular weight is 323 g/mol. The van der Waals surface area contributed by atoms with E-state index < -0.39 is 10.0 Å². The van der Waals surface area contributed by atoms with Crippen molar-refractivity contribution in [2.45, 2.75) is 38.1 Å². The van der Waals surface area contributed by atoms with E-state index in [2.05, 4.69) is 13.8 Å². The first-order valence-corrected chi connectivity index (χ1v) is 9.39. The van der Waals surface area contributed by atoms with Crippen molar-refractivity contribution < 1.29 is 8.42 Å². The number of hydrogen-bond donors (Lipinski definition) is 0. The minimum Gasteiger partial charge on any atom is -0.207 e. The van der Waals surface area contributed by atoms with E-state index in [9.17, 15) is 8.42 Å². The topological polar surface area (TPSA) is 37.4 Å². The Morgan fingerprint density at radius 3 is 2.29 bits per heavy atom. The molecule has 0 spiro atoms. The molecule has 0 atom stereocenters. The molecule has 1 aromatic heterocycles. The molecule has 0 amide bonds. The van der Waals surface area contributed by atoms with Crippen LogP contribution in [-0.4, -0.2) is 19.3 Å². The highest BCUT2D eigenvalue weighted by Crippen LogP contribution is 2.22. The summed E-state index contributed by atoms with van der Waals surface area (Å²) in [5.41, 5.74) is 1.15. The Balaban J connectivity index is 2.26. The third-order valence-electron chi connectivity index (χ3n) is 3.45. The van der Waals surface area contributed by atoms with E-state index in [0.29, 0.717) is 23.9 Å². The normalized spacial score (nSPS) is 12.2. The van der Waals surface area contributed by atoms with Gasteiger partial charge in [-0.05, 0) is 35.1 Å². The Labute approximate surface area is 131 Å². The summed E-state index contributed by atoms with van der Waals surface area (Å²) in [6.07, 6.45) is 0. The van der Waals surface area contributed by atoms with Crippen molar-refractivity contribution in [3.8, 4) is 0 Å². The highest BCUT2D eigenvalue weighted by molar-refractivity contribution is 7.89. The molecule has 2 aromatic rings. The van der Waals surface area contributed by atoms with E-state index in [1.165, 1.54) is 4.31 Å². The second-order valence-corrected chi connectivity index (χ2v) is 8.20. The van der Waals surface area contributed by atoms with Crippen molar-refractivity contribution in [3.63, 3.8) is 0 Å². The van der Waals surface area contributed by atoms with Gasteiger partial charge in [0.2, 0.25) is 10.0 Å². The fourth-order valence-corrected chi connectivity index (χ4v) is 4.35. The number of hydrogen-bond acceptors (Lipinski definition) is 3. The molecule has 0 N–H and O–H groups in total. The van der Waals surface area contributed by atoms with Crippen LogP contribution in [0.5, 0.6) is 0 Å². The van der Waals surface area contributed by atoms with Crippen LogP contribution in [0.15, 0.2) is 46.7 Å². The van der Waals surface area contributed by atoms with Crippen LogP contribution in [0.1, 0.15) is 37.1 Å². The maximum atomic E-state index is 12.7. The number of benzene rings is 1. The van der Waals surface area contributed by atoms with Gasteiger partial charge >= 0.3 is 0 Å². The Kier molecular flexibility index (Phi) is 5.19. The number of nitrogens with zero attached hydrogens (tertiary/aromatic N) is 1. The third kappa shape index (κ3) is 3.73. The van der Waals surface area contributed by atoms with Crippen LogP contribution in [0.3, 0.4) is 0 Å². The summed E-state index contributed by atoms with van der Waals surface area (Å²) in [6, 6.07) is 11.1. The van der Waals surface area contributed by atoms with Gasteiger partial charge in [-0.3, -0.25) is 0 Å². The van der Waals surface area contributed by atoms with E-state index in [4.69, 9.17) is 0 Å². The molecule has 0 saturated carbocycles. The van der Waals surface area contributed by atoms with Crippen molar-refractivity contribution in [1.29, 1.82) is 0 Å². The van der Waals surface area contributed by atoms with E-state index >= 15 is 0 Å². The molecule has 0 bridgehead atoms. The van der Waals surface area contributed by atoms with Crippen molar-refractivity contribution in [1.82, 2.24) is 4.31 Å². The smallest absolute Gasteiger partial charge is 0.207 e. The van der Waals surface area contributed by atoms with Crippen LogP contribution in [0.25, 0.3) is 0 Å². The van der Waals surface area contributed by atoms with Crippen molar-refractivity contribution in [2.24, 2.45) is 0 Å². The van der Waals surface area contributed by atoms with Gasteiger partial charge in [-0.25, -0.2) is 8.42 Å². The fourth-order valence-electron chi connectivity index (χ4n) is 2.12. The fraction of sp³-hybridized carbons (Fsp3) is 0.375. The zero-order valence-electron chi connectivity index (χ0n) is 12.6. The molecule has 114 valence electrons. The van der Waals surface area contributed by atoms with Crippen molar-refractivity contribution in [3.05, 3.63) is 52.2 Å². The Hall–Kier alpha value is -1.17. The number of thiophene rings is 1. The second kappa shape index (κ2) is 6.73. The van der Waals surface area contributed by atoms with Gasteiger partial charge in [0.15, 0.2) is 0 Å². The largest absolute Gasteiger partial charge is 0.243 e. The lowest BCUT2D eigenvalue weighted by molar-refractivity contribution is 0.426. The lowest BCUT2D eigenvalue weighted by Gasteiger charge is -2.20. The summed E-state index contributed by atoms with van der Waals surface area (Å²) in [5.74, 6) is 0.398. The van der Waals surface area contributed by atoms with Crippen LogP contribution in [0.2, 0.25) is 0 Å². The van der Waals surface area contributed by atoms with E-state index in [-0.39, 0.29) is 0 Å². The highest BCUT2D eigenvalue weighted by atomic mass is 32.2. The summed E-state index contributed by atoms with van der Waals surface area (Å²) >= 11 is 1.58. The maximum absolute atomic E-state index is 12.7. The van der Waals surface area contributed by atoms with Gasteiger partial charge < -0.3 is 0 Å². The van der Waals surface area contributed by atoms with Crippen molar-refractivity contribution >= 4 is 21.4 Å². The third-order valence-corrected chi connectivity index (χ3v) is 6.25. The molecule has 0 aliphatic rings. The molecule has 0 fully saturated rings. The standard InChI is InChI=1S/C16H21NO2S2/c1-4-17(12-15-6-5-11-20-15)21(18,19)16-9-7-14(8-10-16)13(2)3/h5-11,13H,4,12H2,1-3H3. The average Bonchev–Trinajstić information content (AvgIpc) is 2.97. The predicted molar refractivity (Wildman–Crippen MR) is 88.1 cm³/mol. The summed E-state index contributed by atoms with van der Waals surface area (Å²) < 4.78 is 26.9. The highest BCUT2D eigenvalue weighted by Gasteiger charge is 2.23. The SMILES string of the molecule is CCN(Cc1cccs1)S(=O)(=O)c1ccc(C(C)C)cc1. The van der Waals surface area contributed by atoms with Crippen LogP contribution < -0.4 is 0 Å². The Morgan fingerprint density at radius 2 is 1.81 bits per heavy atom. The van der Waals surface area contributed by atoms with Gasteiger partial charge in [-0.2, -0.15) is 4.31 Å². The molecule has 3 nitrogen and oxygen atoms in total. The molecule has 1 heterocycles. The van der Waals surface area contributed by atoms with Gasteiger partial charge in [0, 0.05) is 18.0 Å². The molecule has 0 unspecified atom stereocenters. The lowest BCUT2D eigenvalue weighted by Crippen LogP contribution is -2.30. The van der Waals surface area contributed by atoms with Gasteiger partial charge in [0.1, 0.15) is 0 Å². The molecular weight excluding hydrogens is 302 g/mol. The minimum absolute atomic E-state index is 0.366. The summed E-state index contributed by atoms with van der Waals surface area (Å²) in [5, 5.41) is 1.97. The molecule has 0 radical (unpaired) electrons. The molecule has 5 heteroatoms. The Bertz CT molecular complexity index is 659. The van der Waals surface area contributed by atoms with Crippen LogP contribution in [0.4, 0.5) is 0 Å². The van der Waals surface area contributed by atoms with Gasteiger partial charge in [-0.15, -0.1) is 11.3 Å². The second-order valence-electron chi connectivity index (χ2n) is 5.23. The molecule has 2 rings (SSSR count). The van der Waals surface area contributed by atoms with E-state index in [1.807, 2.05) is 36.6 Å². The van der Waals surface area contributed by atoms with Gasteiger partial charge in [0.05, 0.1) is 4.90 Å². The van der Waals surface area contributed by atoms with Gasteiger partial charge in [0.25, 0.3) is 0 Å². The molecule has 0 aliphatic carbocycles. The summed E-state index contributed by atoms with van der Waals surface area (Å²) in [7, 11) is -3.43. The zero-order valence-corrected chi connectivity index (χ0v) is 14.2. The molecule has 21 heavy (non-hydrogen) atoms. The summed E-state index contributed by atoms with van der Waals surface area (Å²) in [4.78, 5) is 1.42. The van der Waals surface area contributed by atoms with Crippen molar-refractivity contribution in [2.75, 3.05) is 6.54 Å². The Morgan fingerprint density at radius 1 is 1.14 bits per heavy atom. The first-order chi connectivity index (χ1) is 9.95. The van der Waals surface area contributed by atoms with Crippen LogP contribution in [-0.2, 0) is 16.6 Å². The van der Waals surface area contributed by atoms with Gasteiger partial charge in [-0.1, -0.05) is 39.0 Å². The molecule has 0 saturated heterocycles. The van der Waals surface area contributed by atoms with E-state index in [0.717, 1.165) is 10.4 Å². The zero-order chi connectivity index (χ0) is 15.5. The number of sulfonamides is 1. The number of rotatable bonds is 6. The maximum Gasteiger partial charge on any atom is 0.243 e. The minimum atomic E-state index is -3.43. The van der Waals surface area contributed by atoms with Crippen LogP contribution in [0, 0.1) is 0 Å². The first kappa shape index (κ1) is 16.2. The summed E-state index contributed by atoms with van der Waals surface area (Å²) in [6.45, 7) is 6.96. The lowest BCUT2D eigenvalue weighted by atomic mass is 10.0. The molecular formula is C16H21NO2S2. The molecule has 0 aliphatic heterocycles. The van der Waals surface area contributed by atoms with Crippen LogP contribution >= 0.6 is 11.3 Å². The first-order valence-electron chi connectivity index (χ1n) is 7.07. The molecule has 1 aromatic carbocycles.